The summed E-state index contributed by atoms with van der Waals surface area (Å²) in [6, 6.07) is 2.40. The first kappa shape index (κ1) is 17.3. The van der Waals surface area contributed by atoms with Crippen LogP contribution in [0.5, 0.6) is 0 Å². The Balaban J connectivity index is 1.38. The fourth-order valence-electron chi connectivity index (χ4n) is 4.18. The van der Waals surface area contributed by atoms with Crippen LogP contribution in [-0.2, 0) is 11.3 Å². The number of thiophene rings is 1. The minimum atomic E-state index is 0.0272. The lowest BCUT2D eigenvalue weighted by molar-refractivity contribution is -0.130. The molecular weight excluding hydrogens is 348 g/mol. The summed E-state index contributed by atoms with van der Waals surface area (Å²) in [7, 11) is 0. The molecule has 26 heavy (non-hydrogen) atoms. The van der Waals surface area contributed by atoms with E-state index in [0.717, 1.165) is 38.2 Å². The van der Waals surface area contributed by atoms with Crippen LogP contribution in [0.4, 0.5) is 0 Å². The summed E-state index contributed by atoms with van der Waals surface area (Å²) >= 11 is 1.67. The highest BCUT2D eigenvalue weighted by molar-refractivity contribution is 7.07. The Morgan fingerprint density at radius 2 is 2.19 bits per heavy atom. The van der Waals surface area contributed by atoms with Crippen LogP contribution in [0.3, 0.4) is 0 Å². The average molecular weight is 372 g/mol. The highest BCUT2D eigenvalue weighted by Crippen LogP contribution is 2.57. The smallest absolute Gasteiger partial charge is 0.271 e. The van der Waals surface area contributed by atoms with Crippen molar-refractivity contribution in [2.24, 2.45) is 5.41 Å². The van der Waals surface area contributed by atoms with E-state index in [9.17, 15) is 9.59 Å². The summed E-state index contributed by atoms with van der Waals surface area (Å²) in [6.07, 6.45) is 4.59. The molecule has 2 fully saturated rings. The van der Waals surface area contributed by atoms with Gasteiger partial charge in [0.2, 0.25) is 5.91 Å². The van der Waals surface area contributed by atoms with E-state index in [0.29, 0.717) is 18.3 Å². The van der Waals surface area contributed by atoms with Gasteiger partial charge in [0, 0.05) is 32.6 Å². The van der Waals surface area contributed by atoms with Gasteiger partial charge in [-0.2, -0.15) is 11.3 Å². The van der Waals surface area contributed by atoms with Crippen molar-refractivity contribution in [3.8, 4) is 0 Å². The zero-order chi connectivity index (χ0) is 18.3. The molecule has 1 N–H and O–H groups in total. The van der Waals surface area contributed by atoms with Gasteiger partial charge < -0.3 is 14.8 Å². The van der Waals surface area contributed by atoms with Crippen LogP contribution < -0.4 is 0 Å². The maximum Gasteiger partial charge on any atom is 0.271 e. The number of carbonyl (C=O) groups excluding carboxylic acids is 2. The molecule has 138 valence electrons. The SMILES string of the molecule is CC(=O)N(Cc1ccsc1)[C@H]1CC12CCN(C(=O)c1cnc(C)[nH]1)CC2. The van der Waals surface area contributed by atoms with Crippen LogP contribution in [0, 0.1) is 12.3 Å². The zero-order valence-corrected chi connectivity index (χ0v) is 16.0. The number of carbonyl (C=O) groups is 2. The van der Waals surface area contributed by atoms with Crippen molar-refractivity contribution < 1.29 is 9.59 Å². The van der Waals surface area contributed by atoms with E-state index in [1.807, 2.05) is 16.7 Å². The minimum Gasteiger partial charge on any atom is -0.338 e. The minimum absolute atomic E-state index is 0.0272. The Bertz CT molecular complexity index is 805. The Kier molecular flexibility index (Phi) is 4.34. The van der Waals surface area contributed by atoms with Gasteiger partial charge in [-0.25, -0.2) is 4.98 Å². The normalized spacial score (nSPS) is 21.0. The molecule has 3 heterocycles. The molecule has 1 aliphatic heterocycles. The van der Waals surface area contributed by atoms with E-state index in [-0.39, 0.29) is 17.2 Å². The standard InChI is InChI=1S/C19H24N4O2S/c1-13-20-10-16(21-13)18(25)22-6-4-19(5-7-22)9-17(19)23(14(2)24)11-15-3-8-26-12-15/h3,8,10,12,17H,4-7,9,11H2,1-2H3,(H,20,21)/t17-/m0/s1. The van der Waals surface area contributed by atoms with Gasteiger partial charge >= 0.3 is 0 Å². The summed E-state index contributed by atoms with van der Waals surface area (Å²) in [6.45, 7) is 5.70. The third-order valence-electron chi connectivity index (χ3n) is 5.84. The summed E-state index contributed by atoms with van der Waals surface area (Å²) in [4.78, 5) is 35.8. The van der Waals surface area contributed by atoms with E-state index in [4.69, 9.17) is 0 Å². The van der Waals surface area contributed by atoms with E-state index in [1.54, 1.807) is 24.5 Å². The van der Waals surface area contributed by atoms with Crippen LogP contribution >= 0.6 is 11.3 Å². The largest absolute Gasteiger partial charge is 0.338 e. The summed E-state index contributed by atoms with van der Waals surface area (Å²) < 4.78 is 0. The fraction of sp³-hybridized carbons (Fsp3) is 0.526. The number of likely N-dealkylation sites (tertiary alicyclic amines) is 1. The molecule has 1 spiro atoms. The Labute approximate surface area is 157 Å². The van der Waals surface area contributed by atoms with Gasteiger partial charge in [-0.3, -0.25) is 9.59 Å². The summed E-state index contributed by atoms with van der Waals surface area (Å²) in [5, 5.41) is 4.16. The van der Waals surface area contributed by atoms with Gasteiger partial charge in [-0.15, -0.1) is 0 Å². The highest BCUT2D eigenvalue weighted by atomic mass is 32.1. The summed E-state index contributed by atoms with van der Waals surface area (Å²) in [5.74, 6) is 0.929. The molecule has 2 aromatic rings. The number of H-pyrrole nitrogens is 1. The molecule has 1 saturated heterocycles. The molecule has 6 nitrogen and oxygen atoms in total. The lowest BCUT2D eigenvalue weighted by atomic mass is 9.92. The first-order valence-electron chi connectivity index (χ1n) is 9.08. The van der Waals surface area contributed by atoms with Crippen LogP contribution in [0.25, 0.3) is 0 Å². The third-order valence-corrected chi connectivity index (χ3v) is 6.57. The highest BCUT2D eigenvalue weighted by Gasteiger charge is 2.58. The number of hydrogen-bond acceptors (Lipinski definition) is 4. The predicted octanol–water partition coefficient (Wildman–Crippen LogP) is 2.82. The molecule has 0 aromatic carbocycles. The van der Waals surface area contributed by atoms with E-state index in [1.165, 1.54) is 5.56 Å². The monoisotopic (exact) mass is 372 g/mol. The van der Waals surface area contributed by atoms with Gasteiger partial charge in [-0.1, -0.05) is 0 Å². The molecule has 2 aliphatic rings. The van der Waals surface area contributed by atoms with Crippen LogP contribution in [0.15, 0.2) is 23.0 Å². The Hall–Kier alpha value is -2.15. The lowest BCUT2D eigenvalue weighted by Crippen LogP contribution is -2.42. The van der Waals surface area contributed by atoms with E-state index >= 15 is 0 Å². The molecule has 0 unspecified atom stereocenters. The van der Waals surface area contributed by atoms with Gasteiger partial charge in [0.25, 0.3) is 5.91 Å². The molecule has 0 bridgehead atoms. The molecule has 1 aliphatic carbocycles. The first-order chi connectivity index (χ1) is 12.5. The van der Waals surface area contributed by atoms with Crippen molar-refractivity contribution in [3.05, 3.63) is 40.1 Å². The quantitative estimate of drug-likeness (QED) is 0.897. The fourth-order valence-corrected chi connectivity index (χ4v) is 4.84. The van der Waals surface area contributed by atoms with Crippen molar-refractivity contribution in [3.63, 3.8) is 0 Å². The van der Waals surface area contributed by atoms with Gasteiger partial charge in [0.1, 0.15) is 11.5 Å². The van der Waals surface area contributed by atoms with Crippen LogP contribution in [0.1, 0.15) is 48.1 Å². The molecule has 2 aromatic heterocycles. The molecule has 2 amide bonds. The third kappa shape index (κ3) is 3.16. The second kappa shape index (κ2) is 6.54. The molecule has 1 atom stereocenters. The van der Waals surface area contributed by atoms with Crippen LogP contribution in [0.2, 0.25) is 0 Å². The van der Waals surface area contributed by atoms with E-state index < -0.39 is 0 Å². The van der Waals surface area contributed by atoms with Gasteiger partial charge in [-0.05, 0) is 54.0 Å². The predicted molar refractivity (Wildman–Crippen MR) is 99.8 cm³/mol. The molecular formula is C19H24N4O2S. The van der Waals surface area contributed by atoms with Crippen molar-refractivity contribution in [1.82, 2.24) is 19.8 Å². The number of rotatable bonds is 4. The number of amides is 2. The Morgan fingerprint density at radius 3 is 2.77 bits per heavy atom. The summed E-state index contributed by atoms with van der Waals surface area (Å²) in [5.41, 5.74) is 1.96. The number of piperidine rings is 1. The Morgan fingerprint density at radius 1 is 1.42 bits per heavy atom. The second-order valence-electron chi connectivity index (χ2n) is 7.54. The molecule has 4 rings (SSSR count). The van der Waals surface area contributed by atoms with Crippen molar-refractivity contribution in [1.29, 1.82) is 0 Å². The number of aromatic nitrogens is 2. The van der Waals surface area contributed by atoms with Crippen molar-refractivity contribution in [2.75, 3.05) is 13.1 Å². The number of nitrogens with zero attached hydrogens (tertiary/aromatic N) is 3. The van der Waals surface area contributed by atoms with Gasteiger partial charge in [0.05, 0.1) is 6.20 Å². The number of aromatic amines is 1. The average Bonchev–Trinajstić information content (AvgIpc) is 2.99. The maximum atomic E-state index is 12.6. The second-order valence-corrected chi connectivity index (χ2v) is 8.32. The van der Waals surface area contributed by atoms with Crippen molar-refractivity contribution >= 4 is 23.2 Å². The zero-order valence-electron chi connectivity index (χ0n) is 15.2. The number of aryl methyl sites for hydroxylation is 1. The molecule has 0 radical (unpaired) electrons. The maximum absolute atomic E-state index is 12.6. The molecule has 7 heteroatoms. The van der Waals surface area contributed by atoms with E-state index in [2.05, 4.69) is 26.8 Å². The number of imidazole rings is 1. The van der Waals surface area contributed by atoms with Gasteiger partial charge in [0.15, 0.2) is 0 Å². The lowest BCUT2D eigenvalue weighted by Gasteiger charge is -2.34. The topological polar surface area (TPSA) is 69.3 Å². The van der Waals surface area contributed by atoms with Crippen LogP contribution in [-0.4, -0.2) is 50.7 Å². The van der Waals surface area contributed by atoms with Crippen molar-refractivity contribution in [2.45, 2.75) is 45.7 Å². The molecule has 1 saturated carbocycles. The first-order valence-corrected chi connectivity index (χ1v) is 10.0. The number of nitrogens with one attached hydrogen (secondary N) is 1. The number of hydrogen-bond donors (Lipinski definition) is 1.